The Morgan fingerprint density at radius 2 is 1.85 bits per heavy atom. The van der Waals surface area contributed by atoms with Crippen molar-refractivity contribution in [2.45, 2.75) is 116 Å². The average Bonchev–Trinajstić information content (AvgIpc) is 3.62. The highest BCUT2D eigenvalue weighted by Crippen LogP contribution is 2.41. The van der Waals surface area contributed by atoms with E-state index in [-0.39, 0.29) is 37.6 Å². The van der Waals surface area contributed by atoms with E-state index in [4.69, 9.17) is 26.9 Å². The van der Waals surface area contributed by atoms with Gasteiger partial charge in [-0.05, 0) is 48.8 Å². The summed E-state index contributed by atoms with van der Waals surface area (Å²) >= 11 is 6.28. The highest BCUT2D eigenvalue weighted by atomic mass is 35.5. The minimum Gasteiger partial charge on any atom is -0.496 e. The van der Waals surface area contributed by atoms with Crippen LogP contribution in [-0.4, -0.2) is 77.4 Å². The monoisotopic (exact) mass is 673 g/mol. The minimum absolute atomic E-state index is 0.00686. The number of hydrogen-bond donors (Lipinski definition) is 3. The van der Waals surface area contributed by atoms with Crippen LogP contribution in [0.2, 0.25) is 5.02 Å². The van der Waals surface area contributed by atoms with Gasteiger partial charge in [-0.3, -0.25) is 24.0 Å². The fourth-order valence-corrected chi connectivity index (χ4v) is 7.04. The van der Waals surface area contributed by atoms with Crippen LogP contribution in [0.4, 0.5) is 0 Å². The summed E-state index contributed by atoms with van der Waals surface area (Å²) in [6.45, 7) is 7.39. The van der Waals surface area contributed by atoms with Crippen LogP contribution in [0, 0.1) is 11.3 Å². The van der Waals surface area contributed by atoms with Crippen molar-refractivity contribution in [3.8, 4) is 5.75 Å². The molecule has 4 atom stereocenters. The Bertz CT molecular complexity index is 1400. The molecule has 258 valence electrons. The van der Waals surface area contributed by atoms with E-state index in [0.717, 1.165) is 25.7 Å². The summed E-state index contributed by atoms with van der Waals surface area (Å²) in [4.78, 5) is 73.5. The number of primary amides is 1. The number of rotatable bonds is 12. The number of halogens is 1. The largest absolute Gasteiger partial charge is 0.496 e. The molecule has 1 saturated heterocycles. The number of hydrogen-bond acceptors (Lipinski definition) is 8. The van der Waals surface area contributed by atoms with Gasteiger partial charge in [0.25, 0.3) is 5.91 Å². The molecule has 0 aromatic heterocycles. The smallest absolute Gasteiger partial charge is 0.287 e. The number of amides is 4. The SMILES string of the molecule is CCC[C@H](NC(=O)[C@@H]1C[C@]2(CC(c3cc(Cl)ccc3OC)=NO2)CN1C(=O)[C@@H](NC(=O)CC1CCCCC1)C(C)(C)C)C(=O)C(N)=O. The highest BCUT2D eigenvalue weighted by Gasteiger charge is 2.56. The van der Waals surface area contributed by atoms with Crippen molar-refractivity contribution in [1.29, 1.82) is 0 Å². The Hall–Kier alpha value is -3.67. The third-order valence-electron chi connectivity index (χ3n) is 9.37. The lowest BCUT2D eigenvalue weighted by atomic mass is 9.84. The van der Waals surface area contributed by atoms with E-state index < -0.39 is 52.6 Å². The van der Waals surface area contributed by atoms with E-state index in [1.54, 1.807) is 18.2 Å². The summed E-state index contributed by atoms with van der Waals surface area (Å²) < 4.78 is 5.52. The van der Waals surface area contributed by atoms with Crippen molar-refractivity contribution in [3.63, 3.8) is 0 Å². The normalized spacial score (nSPS) is 22.6. The van der Waals surface area contributed by atoms with Crippen LogP contribution in [-0.2, 0) is 28.8 Å². The van der Waals surface area contributed by atoms with E-state index in [0.29, 0.717) is 34.9 Å². The summed E-state index contributed by atoms with van der Waals surface area (Å²) in [5, 5.41) is 10.5. The van der Waals surface area contributed by atoms with Gasteiger partial charge in [-0.25, -0.2) is 0 Å². The van der Waals surface area contributed by atoms with Crippen molar-refractivity contribution in [2.24, 2.45) is 22.2 Å². The molecule has 4 rings (SSSR count). The number of ether oxygens (including phenoxy) is 1. The first-order chi connectivity index (χ1) is 22.2. The second-order valence-electron chi connectivity index (χ2n) is 14.2. The van der Waals surface area contributed by atoms with E-state index in [1.807, 2.05) is 27.7 Å². The minimum atomic E-state index is -1.15. The van der Waals surface area contributed by atoms with E-state index in [9.17, 15) is 24.0 Å². The molecule has 2 aliphatic heterocycles. The van der Waals surface area contributed by atoms with Crippen LogP contribution in [0.15, 0.2) is 23.4 Å². The number of benzene rings is 1. The molecule has 0 bridgehead atoms. The molecule has 1 aliphatic carbocycles. The highest BCUT2D eigenvalue weighted by molar-refractivity contribution is 6.37. The number of Topliss-reactive ketones (excluding diaryl/α,β-unsaturated/α-hetero) is 1. The van der Waals surface area contributed by atoms with Crippen molar-refractivity contribution >= 4 is 46.7 Å². The number of carbonyl (C=O) groups excluding carboxylic acids is 5. The van der Waals surface area contributed by atoms with Crippen LogP contribution >= 0.6 is 11.6 Å². The topological polar surface area (TPSA) is 169 Å². The predicted molar refractivity (Wildman–Crippen MR) is 177 cm³/mol. The maximum Gasteiger partial charge on any atom is 0.287 e. The quantitative estimate of drug-likeness (QED) is 0.284. The third-order valence-corrected chi connectivity index (χ3v) is 9.60. The second-order valence-corrected chi connectivity index (χ2v) is 14.6. The number of oxime groups is 1. The zero-order chi connectivity index (χ0) is 34.5. The third kappa shape index (κ3) is 8.63. The summed E-state index contributed by atoms with van der Waals surface area (Å²) in [5.41, 5.74) is 4.66. The van der Waals surface area contributed by atoms with E-state index in [1.165, 1.54) is 18.4 Å². The number of methoxy groups -OCH3 is 1. The van der Waals surface area contributed by atoms with Gasteiger partial charge in [0.05, 0.1) is 25.4 Å². The Labute approximate surface area is 281 Å². The maximum atomic E-state index is 14.5. The van der Waals surface area contributed by atoms with Crippen LogP contribution in [0.1, 0.15) is 97.5 Å². The van der Waals surface area contributed by atoms with Gasteiger partial charge in [-0.1, -0.05) is 70.1 Å². The molecule has 2 fully saturated rings. The lowest BCUT2D eigenvalue weighted by Gasteiger charge is -2.36. The Kier molecular flexibility index (Phi) is 11.6. The molecule has 0 unspecified atom stereocenters. The van der Waals surface area contributed by atoms with E-state index >= 15 is 0 Å². The number of nitrogens with zero attached hydrogens (tertiary/aromatic N) is 2. The van der Waals surface area contributed by atoms with Gasteiger partial charge in [0.2, 0.25) is 23.5 Å². The lowest BCUT2D eigenvalue weighted by molar-refractivity contribution is -0.145. The number of ketones is 1. The van der Waals surface area contributed by atoms with Gasteiger partial charge in [0, 0.05) is 29.8 Å². The standard InChI is InChI=1S/C34H48ClN5O7/c1-6-10-23(28(42)30(36)43)37-31(44)25-18-34(17-24(39-47-34)22-16-21(35)13-14-26(22)46-5)19-40(25)32(45)29(33(2,3)4)38-27(41)15-20-11-8-7-9-12-20/h13-14,16,20,23,25,29H,6-12,15,17-19H2,1-5H3,(H2,36,43)(H,37,44)(H,38,41)/t23-,25-,29+,34+/m0/s1. The molecule has 12 nitrogen and oxygen atoms in total. The van der Waals surface area contributed by atoms with Gasteiger partial charge >= 0.3 is 0 Å². The number of likely N-dealkylation sites (tertiary alicyclic amines) is 1. The van der Waals surface area contributed by atoms with Crippen molar-refractivity contribution < 1.29 is 33.5 Å². The van der Waals surface area contributed by atoms with Crippen LogP contribution in [0.25, 0.3) is 0 Å². The summed E-state index contributed by atoms with van der Waals surface area (Å²) in [6.07, 6.45) is 6.65. The molecule has 1 aromatic rings. The van der Waals surface area contributed by atoms with Gasteiger partial charge in [0.1, 0.15) is 17.8 Å². The molecule has 4 amide bonds. The molecule has 13 heteroatoms. The maximum absolute atomic E-state index is 14.5. The Morgan fingerprint density at radius 3 is 2.47 bits per heavy atom. The second kappa shape index (κ2) is 15.0. The summed E-state index contributed by atoms with van der Waals surface area (Å²) in [6, 6.07) is 1.96. The number of carbonyl (C=O) groups is 5. The fraction of sp³-hybridized carbons (Fsp3) is 0.647. The molecular weight excluding hydrogens is 626 g/mol. The summed E-state index contributed by atoms with van der Waals surface area (Å²) in [5.74, 6) is -2.53. The summed E-state index contributed by atoms with van der Waals surface area (Å²) in [7, 11) is 1.53. The zero-order valence-electron chi connectivity index (χ0n) is 28.0. The van der Waals surface area contributed by atoms with Crippen LogP contribution in [0.3, 0.4) is 0 Å². The predicted octanol–water partition coefficient (Wildman–Crippen LogP) is 3.65. The Balaban J connectivity index is 1.63. The lowest BCUT2D eigenvalue weighted by Crippen LogP contribution is -2.59. The molecule has 1 saturated carbocycles. The van der Waals surface area contributed by atoms with Gasteiger partial charge < -0.3 is 30.8 Å². The van der Waals surface area contributed by atoms with Crippen LogP contribution in [0.5, 0.6) is 5.75 Å². The fourth-order valence-electron chi connectivity index (χ4n) is 6.86. The van der Waals surface area contributed by atoms with Crippen molar-refractivity contribution in [1.82, 2.24) is 15.5 Å². The van der Waals surface area contributed by atoms with Gasteiger partial charge in [0.15, 0.2) is 5.60 Å². The first-order valence-corrected chi connectivity index (χ1v) is 16.9. The molecule has 3 aliphatic rings. The zero-order valence-corrected chi connectivity index (χ0v) is 28.8. The average molecular weight is 674 g/mol. The molecule has 1 aromatic carbocycles. The first-order valence-electron chi connectivity index (χ1n) is 16.5. The van der Waals surface area contributed by atoms with Crippen molar-refractivity contribution in [3.05, 3.63) is 28.8 Å². The molecule has 2 heterocycles. The molecule has 1 spiro atoms. The Morgan fingerprint density at radius 1 is 1.15 bits per heavy atom. The van der Waals surface area contributed by atoms with Gasteiger partial charge in [-0.15, -0.1) is 0 Å². The van der Waals surface area contributed by atoms with Crippen molar-refractivity contribution in [2.75, 3.05) is 13.7 Å². The van der Waals surface area contributed by atoms with E-state index in [2.05, 4.69) is 15.8 Å². The number of nitrogens with one attached hydrogen (secondary N) is 2. The molecule has 4 N–H and O–H groups in total. The van der Waals surface area contributed by atoms with Gasteiger partial charge in [-0.2, -0.15) is 0 Å². The molecule has 0 radical (unpaired) electrons. The number of nitrogens with two attached hydrogens (primary N) is 1. The van der Waals surface area contributed by atoms with Crippen LogP contribution < -0.4 is 21.1 Å². The first kappa shape index (κ1) is 36.2. The molecule has 47 heavy (non-hydrogen) atoms. The molecular formula is C34H48ClN5O7.